The molecule has 2 N–H and O–H groups in total. The van der Waals surface area contributed by atoms with Crippen molar-refractivity contribution in [2.24, 2.45) is 0 Å². The van der Waals surface area contributed by atoms with E-state index in [1.807, 2.05) is 0 Å². The van der Waals surface area contributed by atoms with Crippen molar-refractivity contribution in [2.75, 3.05) is 7.05 Å². The summed E-state index contributed by atoms with van der Waals surface area (Å²) >= 11 is 5.54. The number of ether oxygens (including phenoxy) is 1. The first-order chi connectivity index (χ1) is 8.45. The van der Waals surface area contributed by atoms with Crippen LogP contribution in [0.5, 0.6) is 0 Å². The molecule has 0 bridgehead atoms. The molecule has 0 rings (SSSR count). The minimum atomic E-state index is -4.59. The number of hydrogen-bond donors (Lipinski definition) is 2. The normalized spacial score (nSPS) is 14.8. The highest BCUT2D eigenvalue weighted by Gasteiger charge is 2.40. The molecule has 0 radical (unpaired) electrons. The van der Waals surface area contributed by atoms with Crippen LogP contribution in [-0.4, -0.2) is 31.0 Å². The van der Waals surface area contributed by atoms with Crippen LogP contribution in [0.25, 0.3) is 0 Å². The molecule has 0 fully saturated rings. The monoisotopic (exact) mass is 302 g/mol. The van der Waals surface area contributed by atoms with E-state index < -0.39 is 30.3 Å². The van der Waals surface area contributed by atoms with Crippen molar-refractivity contribution < 1.29 is 22.7 Å². The number of hydrogen-bond acceptors (Lipinski definition) is 3. The van der Waals surface area contributed by atoms with Gasteiger partial charge < -0.3 is 15.4 Å². The molecule has 112 valence electrons. The second-order valence-corrected chi connectivity index (χ2v) is 5.19. The van der Waals surface area contributed by atoms with Gasteiger partial charge in [-0.2, -0.15) is 13.2 Å². The second kappa shape index (κ2) is 6.88. The molecule has 19 heavy (non-hydrogen) atoms. The third kappa shape index (κ3) is 8.58. The number of nitrogens with one attached hydrogen (secondary N) is 2. The minimum Gasteiger partial charge on any atom is -0.444 e. The van der Waals surface area contributed by atoms with Gasteiger partial charge in [-0.05, 0) is 33.3 Å². The van der Waals surface area contributed by atoms with Gasteiger partial charge in [-0.1, -0.05) is 11.6 Å². The van der Waals surface area contributed by atoms with Crippen LogP contribution >= 0.6 is 11.6 Å². The molecular weight excluding hydrogens is 285 g/mol. The predicted molar refractivity (Wildman–Crippen MR) is 66.8 cm³/mol. The number of carbonyl (C=O) groups excluding carboxylic acids is 1. The molecule has 0 spiro atoms. The third-order valence-electron chi connectivity index (χ3n) is 1.86. The van der Waals surface area contributed by atoms with Gasteiger partial charge in [0.15, 0.2) is 0 Å². The van der Waals surface area contributed by atoms with Crippen LogP contribution < -0.4 is 10.6 Å². The highest BCUT2D eigenvalue weighted by atomic mass is 35.5. The van der Waals surface area contributed by atoms with Gasteiger partial charge in [0.25, 0.3) is 0 Å². The summed E-state index contributed by atoms with van der Waals surface area (Å²) in [4.78, 5) is 11.3. The summed E-state index contributed by atoms with van der Waals surface area (Å²) in [6, 6.07) is -2.05. The van der Waals surface area contributed by atoms with Crippen molar-refractivity contribution in [1.82, 2.24) is 10.6 Å². The van der Waals surface area contributed by atoms with Crippen LogP contribution in [0.1, 0.15) is 27.2 Å². The Morgan fingerprint density at radius 3 is 2.26 bits per heavy atom. The number of alkyl carbamates (subject to hydrolysis) is 1. The van der Waals surface area contributed by atoms with E-state index in [9.17, 15) is 18.0 Å². The van der Waals surface area contributed by atoms with Crippen molar-refractivity contribution in [2.45, 2.75) is 45.0 Å². The molecule has 8 heteroatoms. The van der Waals surface area contributed by atoms with Crippen LogP contribution in [-0.2, 0) is 4.74 Å². The topological polar surface area (TPSA) is 50.4 Å². The Morgan fingerprint density at radius 2 is 1.89 bits per heavy atom. The fourth-order valence-corrected chi connectivity index (χ4v) is 1.14. The molecule has 0 aliphatic rings. The SMILES string of the molecule is CN/C(Cl)=C\CC(NC(=O)OC(C)(C)C)C(F)(F)F. The van der Waals surface area contributed by atoms with Gasteiger partial charge in [0.2, 0.25) is 0 Å². The van der Waals surface area contributed by atoms with Crippen LogP contribution in [0.3, 0.4) is 0 Å². The second-order valence-electron chi connectivity index (χ2n) is 4.78. The first-order valence-electron chi connectivity index (χ1n) is 5.55. The van der Waals surface area contributed by atoms with Gasteiger partial charge >= 0.3 is 12.3 Å². The summed E-state index contributed by atoms with van der Waals surface area (Å²) in [5, 5.41) is 4.32. The molecular formula is C11H18ClF3N2O2. The summed E-state index contributed by atoms with van der Waals surface area (Å²) in [6.07, 6.45) is -5.05. The fraction of sp³-hybridized carbons (Fsp3) is 0.727. The molecule has 1 atom stereocenters. The molecule has 0 saturated carbocycles. The molecule has 4 nitrogen and oxygen atoms in total. The maximum Gasteiger partial charge on any atom is 0.409 e. The molecule has 1 unspecified atom stereocenters. The van der Waals surface area contributed by atoms with E-state index in [-0.39, 0.29) is 5.16 Å². The van der Waals surface area contributed by atoms with Gasteiger partial charge in [-0.25, -0.2) is 4.79 Å². The zero-order chi connectivity index (χ0) is 15.3. The lowest BCUT2D eigenvalue weighted by Crippen LogP contribution is -2.47. The number of amides is 1. The van der Waals surface area contributed by atoms with Gasteiger partial charge in [0.05, 0.1) is 5.16 Å². The Morgan fingerprint density at radius 1 is 1.37 bits per heavy atom. The zero-order valence-corrected chi connectivity index (χ0v) is 11.9. The fourth-order valence-electron chi connectivity index (χ4n) is 1.05. The Balaban J connectivity index is 4.67. The quantitative estimate of drug-likeness (QED) is 0.785. The lowest BCUT2D eigenvalue weighted by Gasteiger charge is -2.24. The van der Waals surface area contributed by atoms with E-state index >= 15 is 0 Å². The Bertz CT molecular complexity index is 338. The zero-order valence-electron chi connectivity index (χ0n) is 11.2. The number of carbonyl (C=O) groups is 1. The van der Waals surface area contributed by atoms with Crippen LogP contribution in [0.15, 0.2) is 11.2 Å². The van der Waals surface area contributed by atoms with Crippen molar-refractivity contribution in [3.8, 4) is 0 Å². The summed E-state index contributed by atoms with van der Waals surface area (Å²) in [6.45, 7) is 4.69. The average Bonchev–Trinajstić information content (AvgIpc) is 2.19. The maximum atomic E-state index is 12.7. The van der Waals surface area contributed by atoms with Gasteiger partial charge in [0, 0.05) is 7.05 Å². The van der Waals surface area contributed by atoms with Crippen molar-refractivity contribution in [1.29, 1.82) is 0 Å². The van der Waals surface area contributed by atoms with Crippen LogP contribution in [0, 0.1) is 0 Å². The highest BCUT2D eigenvalue weighted by Crippen LogP contribution is 2.24. The van der Waals surface area contributed by atoms with Crippen molar-refractivity contribution in [3.05, 3.63) is 11.2 Å². The van der Waals surface area contributed by atoms with E-state index in [0.717, 1.165) is 6.08 Å². The van der Waals surface area contributed by atoms with E-state index in [2.05, 4.69) is 5.32 Å². The Labute approximate surface area is 115 Å². The van der Waals surface area contributed by atoms with E-state index in [1.165, 1.54) is 7.05 Å². The van der Waals surface area contributed by atoms with Gasteiger partial charge in [-0.3, -0.25) is 0 Å². The predicted octanol–water partition coefficient (Wildman–Crippen LogP) is 3.13. The minimum absolute atomic E-state index is 0.0697. The van der Waals surface area contributed by atoms with Gasteiger partial charge in [0.1, 0.15) is 11.6 Å². The lowest BCUT2D eigenvalue weighted by atomic mass is 10.2. The molecule has 0 saturated heterocycles. The number of alkyl halides is 3. The third-order valence-corrected chi connectivity index (χ3v) is 2.20. The smallest absolute Gasteiger partial charge is 0.409 e. The molecule has 0 aliphatic heterocycles. The number of rotatable bonds is 4. The largest absolute Gasteiger partial charge is 0.444 e. The first-order valence-corrected chi connectivity index (χ1v) is 5.93. The van der Waals surface area contributed by atoms with Crippen molar-refractivity contribution >= 4 is 17.7 Å². The molecule has 0 aromatic heterocycles. The number of halogens is 4. The Kier molecular flexibility index (Phi) is 6.48. The van der Waals surface area contributed by atoms with Gasteiger partial charge in [-0.15, -0.1) is 0 Å². The van der Waals surface area contributed by atoms with Crippen LogP contribution in [0.2, 0.25) is 0 Å². The summed E-state index contributed by atoms with van der Waals surface area (Å²) in [5.41, 5.74) is -0.862. The molecule has 0 aromatic carbocycles. The Hall–Kier alpha value is -1.11. The van der Waals surface area contributed by atoms with E-state index in [0.29, 0.717) is 0 Å². The maximum absolute atomic E-state index is 12.7. The molecule has 0 aliphatic carbocycles. The molecule has 0 heterocycles. The van der Waals surface area contributed by atoms with Crippen molar-refractivity contribution in [3.63, 3.8) is 0 Å². The van der Waals surface area contributed by atoms with E-state index in [1.54, 1.807) is 26.1 Å². The lowest BCUT2D eigenvalue weighted by molar-refractivity contribution is -0.154. The summed E-state index contributed by atoms with van der Waals surface area (Å²) in [7, 11) is 1.47. The van der Waals surface area contributed by atoms with E-state index in [4.69, 9.17) is 16.3 Å². The average molecular weight is 303 g/mol. The standard InChI is InChI=1S/C11H18ClF3N2O2/c1-10(2,3)19-9(18)17-7(11(13,14)15)5-6-8(12)16-4/h6-7,16H,5H2,1-4H3,(H,17,18)/b8-6-. The summed E-state index contributed by atoms with van der Waals surface area (Å²) < 4.78 is 42.9. The highest BCUT2D eigenvalue weighted by molar-refractivity contribution is 6.29. The summed E-state index contributed by atoms with van der Waals surface area (Å²) in [5.74, 6) is 0. The van der Waals surface area contributed by atoms with Crippen LogP contribution in [0.4, 0.5) is 18.0 Å². The molecule has 1 amide bonds. The molecule has 0 aromatic rings. The first kappa shape index (κ1) is 17.9.